The van der Waals surface area contributed by atoms with Crippen LogP contribution in [0.1, 0.15) is 0 Å². The van der Waals surface area contributed by atoms with Crippen LogP contribution < -0.4 is 3.58 Å². The zero-order valence-corrected chi connectivity index (χ0v) is 17.4. The first-order valence-electron chi connectivity index (χ1n) is 8.06. The molecule has 114 valence electrons. The number of fused-ring (bicyclic) bond motifs is 3. The average molecular weight is 423 g/mol. The van der Waals surface area contributed by atoms with E-state index in [1.54, 1.807) is 3.58 Å². The summed E-state index contributed by atoms with van der Waals surface area (Å²) in [7, 11) is 0. The molecule has 0 nitrogen and oxygen atoms in total. The number of hydrogen-bond donors (Lipinski definition) is 0. The molecule has 2 heteroatoms. The van der Waals surface area contributed by atoms with Gasteiger partial charge in [0, 0.05) is 0 Å². The Morgan fingerprint density at radius 2 is 1.30 bits per heavy atom. The molecule has 1 heterocycles. The normalized spacial score (nSPS) is 12.1. The molecule has 0 spiro atoms. The Labute approximate surface area is 145 Å². The Bertz CT molecular complexity index is 1010. The third kappa shape index (κ3) is 2.60. The van der Waals surface area contributed by atoms with Crippen LogP contribution in [-0.2, 0) is 0 Å². The quantitative estimate of drug-likeness (QED) is 0.334. The first-order valence-corrected chi connectivity index (χ1v) is 18.9. The Kier molecular flexibility index (Phi) is 3.73. The molecule has 4 rings (SSSR count). The Hall–Kier alpha value is -1.32. The summed E-state index contributed by atoms with van der Waals surface area (Å²) in [6.45, 7) is 0. The van der Waals surface area contributed by atoms with Gasteiger partial charge in [0.05, 0.1) is 0 Å². The van der Waals surface area contributed by atoms with E-state index in [0.29, 0.717) is 0 Å². The molecule has 0 N–H and O–H groups in total. The van der Waals surface area contributed by atoms with Crippen LogP contribution in [0.5, 0.6) is 0 Å². The van der Waals surface area contributed by atoms with Crippen molar-refractivity contribution in [2.45, 2.75) is 14.8 Å². The molecular weight excluding hydrogens is 403 g/mol. The zero-order chi connectivity index (χ0) is 16.0. The van der Waals surface area contributed by atoms with E-state index in [1.165, 1.54) is 31.3 Å². The van der Waals surface area contributed by atoms with Crippen molar-refractivity contribution in [3.8, 4) is 11.1 Å². The summed E-state index contributed by atoms with van der Waals surface area (Å²) < 4.78 is 4.43. The van der Waals surface area contributed by atoms with Crippen molar-refractivity contribution in [1.29, 1.82) is 0 Å². The van der Waals surface area contributed by atoms with Gasteiger partial charge < -0.3 is 0 Å². The van der Waals surface area contributed by atoms with Crippen molar-refractivity contribution >= 4 is 53.5 Å². The van der Waals surface area contributed by atoms with Crippen LogP contribution in [-0.4, -0.2) is 18.4 Å². The van der Waals surface area contributed by atoms with E-state index in [4.69, 9.17) is 0 Å². The summed E-state index contributed by atoms with van der Waals surface area (Å²) in [5, 5.41) is 2.77. The van der Waals surface area contributed by atoms with Gasteiger partial charge in [0.2, 0.25) is 0 Å². The van der Waals surface area contributed by atoms with Crippen LogP contribution in [0, 0.1) is 0 Å². The molecule has 0 aliphatic carbocycles. The van der Waals surface area contributed by atoms with Gasteiger partial charge in [-0.2, -0.15) is 0 Å². The molecular formula is C21H20SSn. The van der Waals surface area contributed by atoms with E-state index in [2.05, 4.69) is 81.5 Å². The first-order chi connectivity index (χ1) is 11.1. The van der Waals surface area contributed by atoms with Crippen molar-refractivity contribution < 1.29 is 0 Å². The third-order valence-electron chi connectivity index (χ3n) is 4.43. The third-order valence-corrected chi connectivity index (χ3v) is 11.5. The second-order valence-corrected chi connectivity index (χ2v) is 22.5. The van der Waals surface area contributed by atoms with E-state index in [1.807, 2.05) is 11.3 Å². The molecule has 0 amide bonds. The van der Waals surface area contributed by atoms with Crippen molar-refractivity contribution in [2.24, 2.45) is 0 Å². The summed E-state index contributed by atoms with van der Waals surface area (Å²) in [6.07, 6.45) is 0. The summed E-state index contributed by atoms with van der Waals surface area (Å²) in [5.74, 6) is 0. The van der Waals surface area contributed by atoms with Gasteiger partial charge in [-0.25, -0.2) is 0 Å². The van der Waals surface area contributed by atoms with Gasteiger partial charge >= 0.3 is 146 Å². The molecule has 4 aromatic rings. The van der Waals surface area contributed by atoms with E-state index in [-0.39, 0.29) is 0 Å². The number of benzene rings is 3. The summed E-state index contributed by atoms with van der Waals surface area (Å²) in [5.41, 5.74) is 2.86. The van der Waals surface area contributed by atoms with Crippen LogP contribution in [0.3, 0.4) is 0 Å². The molecule has 0 unspecified atom stereocenters. The second-order valence-electron chi connectivity index (χ2n) is 7.08. The molecule has 0 radical (unpaired) electrons. The van der Waals surface area contributed by atoms with Gasteiger partial charge in [-0.15, -0.1) is 0 Å². The van der Waals surface area contributed by atoms with Crippen LogP contribution in [0.15, 0.2) is 66.7 Å². The van der Waals surface area contributed by atoms with Crippen molar-refractivity contribution in [3.63, 3.8) is 0 Å². The van der Waals surface area contributed by atoms with E-state index >= 15 is 0 Å². The topological polar surface area (TPSA) is 0 Å². The fourth-order valence-corrected chi connectivity index (χ4v) is 9.19. The van der Waals surface area contributed by atoms with Gasteiger partial charge in [0.15, 0.2) is 0 Å². The van der Waals surface area contributed by atoms with Crippen molar-refractivity contribution in [2.75, 3.05) is 0 Å². The average Bonchev–Trinajstić information content (AvgIpc) is 2.93. The summed E-state index contributed by atoms with van der Waals surface area (Å²) in [4.78, 5) is 7.50. The molecule has 0 atom stereocenters. The van der Waals surface area contributed by atoms with Crippen LogP contribution in [0.4, 0.5) is 0 Å². The molecule has 23 heavy (non-hydrogen) atoms. The van der Waals surface area contributed by atoms with E-state index < -0.39 is 18.4 Å². The maximum atomic E-state index is 2.50. The number of thiophene rings is 1. The first kappa shape index (κ1) is 15.2. The molecule has 0 saturated heterocycles. The van der Waals surface area contributed by atoms with Gasteiger partial charge in [0.25, 0.3) is 0 Å². The Balaban J connectivity index is 2.08. The molecule has 0 aliphatic heterocycles. The Morgan fingerprint density at radius 1 is 0.652 bits per heavy atom. The standard InChI is InChI=1S/C18H11S.3CH3.Sn/c1-2-7-13(8-3-1)14-10-6-11-16-15-9-4-5-12-17(15)19-18(14)16;;;;/h1-7,9-12H;3*1H3;. The van der Waals surface area contributed by atoms with E-state index in [0.717, 1.165) is 0 Å². The maximum absolute atomic E-state index is 2.50. The van der Waals surface area contributed by atoms with Gasteiger partial charge in [-0.3, -0.25) is 0 Å². The second kappa shape index (κ2) is 5.64. The number of hydrogen-bond acceptors (Lipinski definition) is 1. The van der Waals surface area contributed by atoms with Crippen LogP contribution in [0.2, 0.25) is 14.8 Å². The monoisotopic (exact) mass is 424 g/mol. The minimum atomic E-state index is -2.16. The number of rotatable bonds is 2. The molecule has 0 saturated carbocycles. The SMILES string of the molecule is [CH3][Sn]([CH3])([CH3])[c]1ccccc1-c1cccc2c1sc1ccccc12. The fraction of sp³-hybridized carbons (Fsp3) is 0.143. The van der Waals surface area contributed by atoms with Crippen molar-refractivity contribution in [3.05, 3.63) is 66.7 Å². The van der Waals surface area contributed by atoms with Crippen LogP contribution >= 0.6 is 11.3 Å². The molecule has 0 fully saturated rings. The van der Waals surface area contributed by atoms with Gasteiger partial charge in [-0.1, -0.05) is 0 Å². The minimum absolute atomic E-state index is 1.38. The molecule has 1 aromatic heterocycles. The van der Waals surface area contributed by atoms with Crippen LogP contribution in [0.25, 0.3) is 31.3 Å². The van der Waals surface area contributed by atoms with Crippen molar-refractivity contribution in [1.82, 2.24) is 0 Å². The summed E-state index contributed by atoms with van der Waals surface area (Å²) >= 11 is -0.233. The predicted octanol–water partition coefficient (Wildman–Crippen LogP) is 6.27. The molecule has 0 aliphatic rings. The predicted molar refractivity (Wildman–Crippen MR) is 108 cm³/mol. The fourth-order valence-electron chi connectivity index (χ4n) is 3.33. The zero-order valence-electron chi connectivity index (χ0n) is 13.8. The molecule has 3 aromatic carbocycles. The van der Waals surface area contributed by atoms with Gasteiger partial charge in [0.1, 0.15) is 0 Å². The summed E-state index contributed by atoms with van der Waals surface area (Å²) in [6, 6.07) is 24.6. The van der Waals surface area contributed by atoms with E-state index in [9.17, 15) is 0 Å². The molecule has 0 bridgehead atoms. The van der Waals surface area contributed by atoms with Gasteiger partial charge in [-0.05, 0) is 0 Å². The Morgan fingerprint density at radius 3 is 2.13 bits per heavy atom.